The highest BCUT2D eigenvalue weighted by Crippen LogP contribution is 2.44. The number of ether oxygens (including phenoxy) is 1. The minimum Gasteiger partial charge on any atom is -0.480 e. The number of amides is 2. The third-order valence-electron chi connectivity index (χ3n) is 6.47. The maximum absolute atomic E-state index is 12.9. The third kappa shape index (κ3) is 5.92. The van der Waals surface area contributed by atoms with Crippen LogP contribution in [-0.4, -0.2) is 47.2 Å². The minimum absolute atomic E-state index is 0.0131. The molecule has 186 valence electrons. The molecule has 36 heavy (non-hydrogen) atoms. The first-order valence-corrected chi connectivity index (χ1v) is 12.1. The molecule has 4 rings (SSSR count). The smallest absolute Gasteiger partial charge is 0.407 e. The predicted molar refractivity (Wildman–Crippen MR) is 136 cm³/mol. The van der Waals surface area contributed by atoms with Gasteiger partial charge in [-0.05, 0) is 34.2 Å². The summed E-state index contributed by atoms with van der Waals surface area (Å²) in [6, 6.07) is 25.0. The molecule has 0 aromatic heterocycles. The number of carboxylic acid groups (broad SMARTS) is 1. The van der Waals surface area contributed by atoms with E-state index in [1.807, 2.05) is 61.5 Å². The first-order chi connectivity index (χ1) is 17.5. The Kier molecular flexibility index (Phi) is 8.00. The van der Waals surface area contributed by atoms with Gasteiger partial charge in [0.2, 0.25) is 5.91 Å². The van der Waals surface area contributed by atoms with Crippen LogP contribution in [0.1, 0.15) is 42.4 Å². The Labute approximate surface area is 210 Å². The van der Waals surface area contributed by atoms with Gasteiger partial charge >= 0.3 is 12.1 Å². The fourth-order valence-corrected chi connectivity index (χ4v) is 4.64. The van der Waals surface area contributed by atoms with Gasteiger partial charge in [0, 0.05) is 24.9 Å². The van der Waals surface area contributed by atoms with Crippen LogP contribution in [0.3, 0.4) is 0 Å². The van der Waals surface area contributed by atoms with E-state index in [1.54, 1.807) is 0 Å². The molecule has 1 aliphatic carbocycles. The average Bonchev–Trinajstić information content (AvgIpc) is 3.20. The van der Waals surface area contributed by atoms with Crippen LogP contribution in [0.5, 0.6) is 0 Å². The summed E-state index contributed by atoms with van der Waals surface area (Å²) in [7, 11) is 0. The van der Waals surface area contributed by atoms with E-state index in [-0.39, 0.29) is 31.4 Å². The molecule has 0 unspecified atom stereocenters. The van der Waals surface area contributed by atoms with Crippen molar-refractivity contribution in [3.63, 3.8) is 0 Å². The highest BCUT2D eigenvalue weighted by atomic mass is 16.5. The summed E-state index contributed by atoms with van der Waals surface area (Å²) in [6.07, 6.45) is -0.104. The monoisotopic (exact) mass is 486 g/mol. The Morgan fingerprint density at radius 3 is 2.08 bits per heavy atom. The molecule has 7 nitrogen and oxygen atoms in total. The molecular weight excluding hydrogens is 456 g/mol. The van der Waals surface area contributed by atoms with Crippen molar-refractivity contribution in [2.75, 3.05) is 13.2 Å². The van der Waals surface area contributed by atoms with Gasteiger partial charge in [-0.2, -0.15) is 0 Å². The molecule has 3 aromatic rings. The molecule has 0 heterocycles. The van der Waals surface area contributed by atoms with Crippen molar-refractivity contribution in [3.05, 3.63) is 95.6 Å². The predicted octanol–water partition coefficient (Wildman–Crippen LogP) is 4.81. The normalized spacial score (nSPS) is 12.8. The van der Waals surface area contributed by atoms with E-state index in [2.05, 4.69) is 29.6 Å². The summed E-state index contributed by atoms with van der Waals surface area (Å²) < 4.78 is 5.61. The second kappa shape index (κ2) is 11.5. The zero-order chi connectivity index (χ0) is 25.5. The molecule has 2 amide bonds. The number of carboxylic acids is 1. The Balaban J connectivity index is 1.36. The molecule has 0 aliphatic heterocycles. The summed E-state index contributed by atoms with van der Waals surface area (Å²) >= 11 is 0. The van der Waals surface area contributed by atoms with E-state index in [1.165, 1.54) is 4.90 Å². The molecular formula is C29H30N2O5. The maximum atomic E-state index is 12.9. The van der Waals surface area contributed by atoms with Crippen LogP contribution >= 0.6 is 0 Å². The number of fused-ring (bicyclic) bond motifs is 3. The highest BCUT2D eigenvalue weighted by molar-refractivity contribution is 5.82. The van der Waals surface area contributed by atoms with E-state index in [0.717, 1.165) is 27.8 Å². The topological polar surface area (TPSA) is 95.9 Å². The van der Waals surface area contributed by atoms with Crippen LogP contribution in [0.4, 0.5) is 4.79 Å². The van der Waals surface area contributed by atoms with Crippen molar-refractivity contribution < 1.29 is 24.2 Å². The minimum atomic E-state index is -1.09. The van der Waals surface area contributed by atoms with Gasteiger partial charge in [-0.3, -0.25) is 9.59 Å². The summed E-state index contributed by atoms with van der Waals surface area (Å²) in [6.45, 7) is 1.83. The number of carbonyl (C=O) groups is 3. The number of alkyl carbamates (subject to hydrolysis) is 1. The summed E-state index contributed by atoms with van der Waals surface area (Å²) in [5.74, 6) is -1.48. The standard InChI is InChI=1S/C29H30N2O5/c1-2-21(16-27(32)31(18-28(33)34)17-20-10-4-3-5-11-20)30-29(35)36-19-26-24-14-8-6-12-22(24)23-13-7-9-15-25(23)26/h3-15,21,26H,2,16-19H2,1H3,(H,30,35)(H,33,34)/t21-/m0/s1. The van der Waals surface area contributed by atoms with E-state index in [0.29, 0.717) is 6.42 Å². The fourth-order valence-electron chi connectivity index (χ4n) is 4.64. The Morgan fingerprint density at radius 1 is 0.917 bits per heavy atom. The van der Waals surface area contributed by atoms with Crippen LogP contribution in [0.2, 0.25) is 0 Å². The summed E-state index contributed by atoms with van der Waals surface area (Å²) in [5, 5.41) is 12.1. The maximum Gasteiger partial charge on any atom is 0.407 e. The second-order valence-electron chi connectivity index (χ2n) is 8.91. The zero-order valence-corrected chi connectivity index (χ0v) is 20.2. The number of carbonyl (C=O) groups excluding carboxylic acids is 2. The van der Waals surface area contributed by atoms with Crippen LogP contribution < -0.4 is 5.32 Å². The number of hydrogen-bond acceptors (Lipinski definition) is 4. The average molecular weight is 487 g/mol. The van der Waals surface area contributed by atoms with Gasteiger partial charge in [-0.1, -0.05) is 85.8 Å². The number of benzene rings is 3. The molecule has 3 aromatic carbocycles. The lowest BCUT2D eigenvalue weighted by atomic mass is 9.98. The lowest BCUT2D eigenvalue weighted by Crippen LogP contribution is -2.42. The summed E-state index contributed by atoms with van der Waals surface area (Å²) in [4.78, 5) is 38.2. The highest BCUT2D eigenvalue weighted by Gasteiger charge is 2.29. The summed E-state index contributed by atoms with van der Waals surface area (Å²) in [5.41, 5.74) is 5.38. The SMILES string of the molecule is CC[C@@H](CC(=O)N(CC(=O)O)Cc1ccccc1)NC(=O)OCC1c2ccccc2-c2ccccc21. The van der Waals surface area contributed by atoms with Crippen molar-refractivity contribution in [1.82, 2.24) is 10.2 Å². The van der Waals surface area contributed by atoms with Gasteiger partial charge in [-0.25, -0.2) is 4.79 Å². The Bertz CT molecular complexity index is 1180. The number of nitrogens with one attached hydrogen (secondary N) is 1. The zero-order valence-electron chi connectivity index (χ0n) is 20.2. The van der Waals surface area contributed by atoms with Crippen molar-refractivity contribution in [2.45, 2.75) is 38.3 Å². The lowest BCUT2D eigenvalue weighted by Gasteiger charge is -2.24. The van der Waals surface area contributed by atoms with E-state index < -0.39 is 24.6 Å². The number of rotatable bonds is 10. The largest absolute Gasteiger partial charge is 0.480 e. The number of nitrogens with zero attached hydrogens (tertiary/aromatic N) is 1. The van der Waals surface area contributed by atoms with Gasteiger partial charge in [0.15, 0.2) is 0 Å². The van der Waals surface area contributed by atoms with E-state index in [9.17, 15) is 19.5 Å². The Hall–Kier alpha value is -4.13. The molecule has 0 saturated carbocycles. The number of hydrogen-bond donors (Lipinski definition) is 2. The molecule has 0 bridgehead atoms. The van der Waals surface area contributed by atoms with Crippen molar-refractivity contribution in [3.8, 4) is 11.1 Å². The molecule has 0 radical (unpaired) electrons. The van der Waals surface area contributed by atoms with Gasteiger partial charge in [0.25, 0.3) is 0 Å². The van der Waals surface area contributed by atoms with Crippen molar-refractivity contribution in [1.29, 1.82) is 0 Å². The van der Waals surface area contributed by atoms with Crippen molar-refractivity contribution in [2.24, 2.45) is 0 Å². The molecule has 1 atom stereocenters. The second-order valence-corrected chi connectivity index (χ2v) is 8.91. The van der Waals surface area contributed by atoms with Crippen LogP contribution in [0.25, 0.3) is 11.1 Å². The van der Waals surface area contributed by atoms with Crippen LogP contribution in [0, 0.1) is 0 Å². The fraction of sp³-hybridized carbons (Fsp3) is 0.276. The van der Waals surface area contributed by atoms with Gasteiger partial charge in [0.1, 0.15) is 13.2 Å². The first kappa shape index (κ1) is 25.0. The van der Waals surface area contributed by atoms with Crippen molar-refractivity contribution >= 4 is 18.0 Å². The van der Waals surface area contributed by atoms with Gasteiger partial charge in [-0.15, -0.1) is 0 Å². The molecule has 0 fully saturated rings. The first-order valence-electron chi connectivity index (χ1n) is 12.1. The third-order valence-corrected chi connectivity index (χ3v) is 6.47. The molecule has 0 spiro atoms. The van der Waals surface area contributed by atoms with E-state index in [4.69, 9.17) is 4.74 Å². The van der Waals surface area contributed by atoms with Crippen LogP contribution in [-0.2, 0) is 20.9 Å². The molecule has 7 heteroatoms. The molecule has 2 N–H and O–H groups in total. The number of aliphatic carboxylic acids is 1. The van der Waals surface area contributed by atoms with E-state index >= 15 is 0 Å². The van der Waals surface area contributed by atoms with Gasteiger partial charge < -0.3 is 20.1 Å². The van der Waals surface area contributed by atoms with Gasteiger partial charge in [0.05, 0.1) is 0 Å². The van der Waals surface area contributed by atoms with Crippen LogP contribution in [0.15, 0.2) is 78.9 Å². The quantitative estimate of drug-likeness (QED) is 0.429. The molecule has 0 saturated heterocycles. The Morgan fingerprint density at radius 2 is 1.50 bits per heavy atom. The lowest BCUT2D eigenvalue weighted by molar-refractivity contribution is -0.145. The molecule has 1 aliphatic rings.